The summed E-state index contributed by atoms with van der Waals surface area (Å²) in [7, 11) is 3.50. The van der Waals surface area contributed by atoms with Crippen molar-refractivity contribution in [2.75, 3.05) is 55.8 Å². The Kier molecular flexibility index (Phi) is 7.90. The maximum absolute atomic E-state index is 14.8. The Balaban J connectivity index is 1.35. The van der Waals surface area contributed by atoms with E-state index >= 15 is 0 Å². The number of halogens is 2. The number of nitrogens with zero attached hydrogens (tertiary/aromatic N) is 6. The van der Waals surface area contributed by atoms with Gasteiger partial charge < -0.3 is 19.4 Å². The van der Waals surface area contributed by atoms with Gasteiger partial charge in [0.2, 0.25) is 5.95 Å². The molecule has 2 fully saturated rings. The molecule has 2 aliphatic rings. The van der Waals surface area contributed by atoms with Gasteiger partial charge in [-0.2, -0.15) is 9.37 Å². The lowest BCUT2D eigenvalue weighted by Crippen LogP contribution is -2.55. The molecule has 0 radical (unpaired) electrons. The zero-order chi connectivity index (χ0) is 24.9. The Morgan fingerprint density at radius 2 is 1.97 bits per heavy atom. The first-order valence-corrected chi connectivity index (χ1v) is 12.1. The number of carbonyl (C=O) groups excluding carboxylic acids is 2. The number of rotatable bonds is 5. The summed E-state index contributed by atoms with van der Waals surface area (Å²) in [5.74, 6) is 0.568. The summed E-state index contributed by atoms with van der Waals surface area (Å²) in [6, 6.07) is 0.163. The molecular formula is C21H28F2N8O3S. The molecule has 2 atom stereocenters. The third-order valence-corrected chi connectivity index (χ3v) is 6.81. The van der Waals surface area contributed by atoms with E-state index in [-0.39, 0.29) is 30.0 Å². The number of thiazole rings is 1. The predicted octanol–water partition coefficient (Wildman–Crippen LogP) is 2.80. The molecule has 190 valence electrons. The number of aromatic nitrogens is 3. The Morgan fingerprint density at radius 1 is 1.20 bits per heavy atom. The third-order valence-electron chi connectivity index (χ3n) is 6.10. The average molecular weight is 511 g/mol. The van der Waals surface area contributed by atoms with E-state index in [0.29, 0.717) is 23.8 Å². The van der Waals surface area contributed by atoms with Crippen molar-refractivity contribution in [3.63, 3.8) is 0 Å². The van der Waals surface area contributed by atoms with Crippen LogP contribution in [-0.2, 0) is 4.74 Å². The molecule has 0 unspecified atom stereocenters. The van der Waals surface area contributed by atoms with Gasteiger partial charge in [-0.25, -0.2) is 23.9 Å². The van der Waals surface area contributed by atoms with Gasteiger partial charge in [0.25, 0.3) is 0 Å². The standard InChI is InChI=1S/C21H28F2N8O3S/c1-29-8-4-13(5-9-29)34-21(33)27-17-3-7-24-18(26-17)31-10-6-14(22)15(12-31)30(2)20(32)28-19-25-11-16(23)35-19/h3,7,11,13-15H,4-6,8-10,12H2,1-2H3,(H,25,28,32)(H,24,26,27,33)/t14-,15+/m1/s1. The Bertz CT molecular complexity index is 1040. The second-order valence-electron chi connectivity index (χ2n) is 8.60. The maximum Gasteiger partial charge on any atom is 0.413 e. The molecule has 4 rings (SSSR count). The van der Waals surface area contributed by atoms with Crippen molar-refractivity contribution in [3.05, 3.63) is 23.6 Å². The fourth-order valence-electron chi connectivity index (χ4n) is 4.05. The quantitative estimate of drug-likeness (QED) is 0.631. The van der Waals surface area contributed by atoms with Crippen LogP contribution in [0.5, 0.6) is 0 Å². The van der Waals surface area contributed by atoms with Crippen LogP contribution in [0.2, 0.25) is 0 Å². The highest BCUT2D eigenvalue weighted by atomic mass is 32.1. The van der Waals surface area contributed by atoms with Crippen LogP contribution < -0.4 is 15.5 Å². The molecule has 2 aromatic rings. The number of ether oxygens (including phenoxy) is 1. The minimum absolute atomic E-state index is 0.0941. The molecule has 0 spiro atoms. The Morgan fingerprint density at radius 3 is 2.69 bits per heavy atom. The number of nitrogens with one attached hydrogen (secondary N) is 2. The van der Waals surface area contributed by atoms with E-state index in [1.807, 2.05) is 7.05 Å². The number of likely N-dealkylation sites (N-methyl/N-ethyl adjacent to an activating group) is 1. The van der Waals surface area contributed by atoms with Gasteiger partial charge in [0, 0.05) is 39.4 Å². The third kappa shape index (κ3) is 6.51. The number of likely N-dealkylation sites (tertiary alicyclic amines) is 1. The van der Waals surface area contributed by atoms with Crippen LogP contribution in [0.1, 0.15) is 19.3 Å². The van der Waals surface area contributed by atoms with Crippen molar-refractivity contribution >= 4 is 40.4 Å². The van der Waals surface area contributed by atoms with E-state index < -0.39 is 29.5 Å². The van der Waals surface area contributed by atoms with Crippen molar-refractivity contribution in [3.8, 4) is 0 Å². The molecule has 2 N–H and O–H groups in total. The molecule has 0 aromatic carbocycles. The van der Waals surface area contributed by atoms with Gasteiger partial charge in [-0.05, 0) is 32.4 Å². The van der Waals surface area contributed by atoms with Crippen LogP contribution in [0.4, 0.5) is 35.3 Å². The number of amides is 3. The largest absolute Gasteiger partial charge is 0.446 e. The lowest BCUT2D eigenvalue weighted by molar-refractivity contribution is 0.0661. The van der Waals surface area contributed by atoms with E-state index in [1.54, 1.807) is 11.0 Å². The van der Waals surface area contributed by atoms with E-state index in [9.17, 15) is 18.4 Å². The van der Waals surface area contributed by atoms with Gasteiger partial charge in [-0.1, -0.05) is 11.3 Å². The van der Waals surface area contributed by atoms with Gasteiger partial charge in [-0.3, -0.25) is 10.6 Å². The van der Waals surface area contributed by atoms with Crippen molar-refractivity contribution in [2.45, 2.75) is 37.6 Å². The number of carbonyl (C=O) groups is 2. The van der Waals surface area contributed by atoms with Crippen molar-refractivity contribution < 1.29 is 23.1 Å². The first-order chi connectivity index (χ1) is 16.8. The second kappa shape index (κ2) is 11.1. The van der Waals surface area contributed by atoms with Crippen LogP contribution in [0.3, 0.4) is 0 Å². The number of urea groups is 1. The van der Waals surface area contributed by atoms with Gasteiger partial charge in [0.05, 0.1) is 12.2 Å². The molecular weight excluding hydrogens is 482 g/mol. The molecule has 35 heavy (non-hydrogen) atoms. The molecule has 2 aliphatic heterocycles. The van der Waals surface area contributed by atoms with E-state index in [0.717, 1.165) is 32.1 Å². The highest BCUT2D eigenvalue weighted by molar-refractivity contribution is 7.14. The minimum Gasteiger partial charge on any atom is -0.446 e. The van der Waals surface area contributed by atoms with E-state index in [1.165, 1.54) is 18.1 Å². The summed E-state index contributed by atoms with van der Waals surface area (Å²) in [5, 5.41) is 4.67. The summed E-state index contributed by atoms with van der Waals surface area (Å²) >= 11 is 0.688. The van der Waals surface area contributed by atoms with Gasteiger partial charge in [0.15, 0.2) is 10.3 Å². The van der Waals surface area contributed by atoms with Crippen LogP contribution in [0.15, 0.2) is 18.5 Å². The fraction of sp³-hybridized carbons (Fsp3) is 0.571. The van der Waals surface area contributed by atoms with Crippen LogP contribution in [0.25, 0.3) is 0 Å². The Hall–Kier alpha value is -3.13. The highest BCUT2D eigenvalue weighted by Gasteiger charge is 2.35. The highest BCUT2D eigenvalue weighted by Crippen LogP contribution is 2.24. The number of alkyl halides is 1. The lowest BCUT2D eigenvalue weighted by atomic mass is 10.0. The van der Waals surface area contributed by atoms with Crippen LogP contribution in [-0.4, -0.2) is 95.5 Å². The summed E-state index contributed by atoms with van der Waals surface area (Å²) in [6.45, 7) is 2.22. The van der Waals surface area contributed by atoms with Crippen molar-refractivity contribution in [1.29, 1.82) is 0 Å². The van der Waals surface area contributed by atoms with Gasteiger partial charge in [0.1, 0.15) is 18.1 Å². The van der Waals surface area contributed by atoms with Crippen molar-refractivity contribution in [1.82, 2.24) is 24.8 Å². The van der Waals surface area contributed by atoms with Crippen molar-refractivity contribution in [2.24, 2.45) is 0 Å². The monoisotopic (exact) mass is 510 g/mol. The number of piperidine rings is 2. The predicted molar refractivity (Wildman–Crippen MR) is 127 cm³/mol. The molecule has 2 saturated heterocycles. The normalized spacial score (nSPS) is 21.4. The first-order valence-electron chi connectivity index (χ1n) is 11.3. The van der Waals surface area contributed by atoms with Crippen LogP contribution >= 0.6 is 11.3 Å². The molecule has 0 saturated carbocycles. The number of hydrogen-bond acceptors (Lipinski definition) is 9. The molecule has 11 nitrogen and oxygen atoms in total. The van der Waals surface area contributed by atoms with E-state index in [4.69, 9.17) is 4.74 Å². The lowest BCUT2D eigenvalue weighted by Gasteiger charge is -2.39. The molecule has 2 aromatic heterocycles. The smallest absolute Gasteiger partial charge is 0.413 e. The Labute approximate surface area is 205 Å². The number of hydrogen-bond donors (Lipinski definition) is 2. The molecule has 3 amide bonds. The summed E-state index contributed by atoms with van der Waals surface area (Å²) in [6.07, 6.45) is 2.22. The zero-order valence-electron chi connectivity index (χ0n) is 19.5. The topological polar surface area (TPSA) is 116 Å². The van der Waals surface area contributed by atoms with E-state index in [2.05, 4.69) is 30.5 Å². The average Bonchev–Trinajstić information content (AvgIpc) is 3.25. The number of anilines is 3. The first kappa shape index (κ1) is 25.0. The second-order valence-corrected chi connectivity index (χ2v) is 9.58. The SMILES string of the molecule is CN1CCC(OC(=O)Nc2ccnc(N3CC[C@@H](F)[C@@H](N(C)C(=O)Nc4ncc(F)s4)C3)n2)CC1. The van der Waals surface area contributed by atoms with Crippen LogP contribution in [0, 0.1) is 5.13 Å². The van der Waals surface area contributed by atoms with Gasteiger partial charge >= 0.3 is 12.1 Å². The van der Waals surface area contributed by atoms with Gasteiger partial charge in [-0.15, -0.1) is 0 Å². The molecule has 4 heterocycles. The molecule has 0 bridgehead atoms. The summed E-state index contributed by atoms with van der Waals surface area (Å²) < 4.78 is 33.4. The summed E-state index contributed by atoms with van der Waals surface area (Å²) in [5.41, 5.74) is 0. The fourth-order valence-corrected chi connectivity index (χ4v) is 4.58. The zero-order valence-corrected chi connectivity index (χ0v) is 20.3. The molecule has 0 aliphatic carbocycles. The maximum atomic E-state index is 14.8. The molecule has 14 heteroatoms. The summed E-state index contributed by atoms with van der Waals surface area (Å²) in [4.78, 5) is 42.4. The minimum atomic E-state index is -1.26.